The van der Waals surface area contributed by atoms with Crippen LogP contribution in [-0.4, -0.2) is 103 Å². The van der Waals surface area contributed by atoms with Crippen LogP contribution in [0, 0.1) is 13.8 Å². The van der Waals surface area contributed by atoms with Crippen LogP contribution in [0.25, 0.3) is 6.08 Å². The molecule has 0 bridgehead atoms. The van der Waals surface area contributed by atoms with E-state index in [9.17, 15) is 62.6 Å². The first kappa shape index (κ1) is 41.0. The highest BCUT2D eigenvalue weighted by atomic mass is 32.2. The number of amidine groups is 1. The van der Waals surface area contributed by atoms with Crippen LogP contribution in [0.2, 0.25) is 0 Å². The van der Waals surface area contributed by atoms with Crippen molar-refractivity contribution in [1.29, 1.82) is 0 Å². The van der Waals surface area contributed by atoms with Crippen molar-refractivity contribution in [2.24, 2.45) is 4.99 Å². The van der Waals surface area contributed by atoms with Crippen molar-refractivity contribution in [2.45, 2.75) is 68.9 Å². The fourth-order valence-corrected chi connectivity index (χ4v) is 7.59. The van der Waals surface area contributed by atoms with Gasteiger partial charge in [-0.05, 0) is 92.6 Å². The lowest BCUT2D eigenvalue weighted by molar-refractivity contribution is -0.290. The predicted octanol–water partition coefficient (Wildman–Crippen LogP) is 5.55. The minimum absolute atomic E-state index is 0.0981. The molecule has 10 nitrogen and oxygen atoms in total. The summed E-state index contributed by atoms with van der Waals surface area (Å²) < 4.78 is 151. The van der Waals surface area contributed by atoms with Gasteiger partial charge < -0.3 is 20.1 Å². The highest BCUT2D eigenvalue weighted by molar-refractivity contribution is 7.92. The fourth-order valence-electron chi connectivity index (χ4n) is 6.42. The van der Waals surface area contributed by atoms with Crippen LogP contribution in [0.1, 0.15) is 63.9 Å². The number of aliphatic imine (C=N–C) groups is 1. The van der Waals surface area contributed by atoms with Crippen LogP contribution in [-0.2, 0) is 21.0 Å². The number of piperidine rings is 2. The normalized spacial score (nSPS) is 19.7. The molecular formula is C34H35F9N4O6S. The summed E-state index contributed by atoms with van der Waals surface area (Å²) in [7, 11) is -4.07. The second kappa shape index (κ2) is 14.5. The Morgan fingerprint density at radius 2 is 1.56 bits per heavy atom. The predicted molar refractivity (Wildman–Crippen MR) is 176 cm³/mol. The molecule has 2 saturated heterocycles. The molecule has 3 aliphatic rings. The number of hydrogen-bond acceptors (Lipinski definition) is 7. The lowest BCUT2D eigenvalue weighted by Crippen LogP contribution is -2.50. The molecule has 5 rings (SSSR count). The van der Waals surface area contributed by atoms with Crippen molar-refractivity contribution < 1.29 is 67.4 Å². The number of benzene rings is 2. The van der Waals surface area contributed by atoms with Crippen LogP contribution >= 0.6 is 0 Å². The van der Waals surface area contributed by atoms with Gasteiger partial charge in [-0.25, -0.2) is 12.8 Å². The number of nitrogens with one attached hydrogen (secondary N) is 1. The van der Waals surface area contributed by atoms with Crippen molar-refractivity contribution in [3.63, 3.8) is 0 Å². The fraction of sp³-hybridized carbons (Fsp3) is 0.500. The summed E-state index contributed by atoms with van der Waals surface area (Å²) in [6.07, 6.45) is -10.1. The van der Waals surface area contributed by atoms with Crippen LogP contribution in [0.4, 0.5) is 39.5 Å². The van der Waals surface area contributed by atoms with Gasteiger partial charge in [0.15, 0.2) is 6.61 Å². The van der Waals surface area contributed by atoms with Gasteiger partial charge in [0.1, 0.15) is 23.8 Å². The molecular weight excluding hydrogens is 763 g/mol. The third kappa shape index (κ3) is 8.39. The van der Waals surface area contributed by atoms with Gasteiger partial charge >= 0.3 is 18.3 Å². The maximum atomic E-state index is 13.8. The molecule has 0 unspecified atom stereocenters. The maximum Gasteiger partial charge on any atom is 0.456 e. The first-order valence-electron chi connectivity index (χ1n) is 16.5. The lowest BCUT2D eigenvalue weighted by Gasteiger charge is -2.36. The Kier molecular flexibility index (Phi) is 11.0. The maximum absolute atomic E-state index is 13.8. The summed E-state index contributed by atoms with van der Waals surface area (Å²) >= 11 is 0. The number of rotatable bonds is 9. The zero-order valence-corrected chi connectivity index (χ0v) is 29.6. The van der Waals surface area contributed by atoms with Crippen molar-refractivity contribution >= 4 is 33.7 Å². The first-order valence-corrected chi connectivity index (χ1v) is 18.0. The van der Waals surface area contributed by atoms with Crippen LogP contribution in [0.5, 0.6) is 5.75 Å². The van der Waals surface area contributed by atoms with Gasteiger partial charge in [0.2, 0.25) is 10.0 Å². The number of alkyl halides is 9. The first-order chi connectivity index (χ1) is 24.9. The quantitative estimate of drug-likeness (QED) is 0.321. The van der Waals surface area contributed by atoms with Crippen molar-refractivity contribution in [3.05, 3.63) is 69.1 Å². The highest BCUT2D eigenvalue weighted by Gasteiger charge is 2.58. The summed E-state index contributed by atoms with van der Waals surface area (Å²) in [6, 6.07) is 5.01. The van der Waals surface area contributed by atoms with Gasteiger partial charge in [-0.1, -0.05) is 0 Å². The smallest absolute Gasteiger partial charge is 0.456 e. The van der Waals surface area contributed by atoms with E-state index in [1.165, 1.54) is 11.0 Å². The van der Waals surface area contributed by atoms with Gasteiger partial charge in [-0.3, -0.25) is 14.6 Å². The number of carbonyl (C=O) groups excluding carboxylic acids is 2. The molecule has 20 heteroatoms. The van der Waals surface area contributed by atoms with Gasteiger partial charge in [0.25, 0.3) is 11.8 Å². The number of aliphatic hydroxyl groups is 1. The van der Waals surface area contributed by atoms with Crippen molar-refractivity contribution in [1.82, 2.24) is 14.5 Å². The third-order valence-electron chi connectivity index (χ3n) is 9.75. The van der Waals surface area contributed by atoms with Gasteiger partial charge in [-0.2, -0.15) is 39.4 Å². The van der Waals surface area contributed by atoms with E-state index in [-0.39, 0.29) is 69.2 Å². The Morgan fingerprint density at radius 3 is 2.09 bits per heavy atom. The van der Waals surface area contributed by atoms with E-state index in [4.69, 9.17) is 0 Å². The van der Waals surface area contributed by atoms with Gasteiger partial charge in [0.05, 0.1) is 11.2 Å². The molecule has 0 radical (unpaired) electrons. The van der Waals surface area contributed by atoms with Crippen LogP contribution in [0.3, 0.4) is 0 Å². The van der Waals surface area contributed by atoms with Crippen LogP contribution in [0.15, 0.2) is 40.7 Å². The molecule has 2 fully saturated rings. The van der Waals surface area contributed by atoms with Crippen molar-refractivity contribution in [2.75, 3.05) is 39.5 Å². The standard InChI is InChI=1S/C34H35F9N4O6S/c1-20-15-23(28(48)46-10-6-30(50,18-35)7-11-46)16-21(2)24(20)5-14-54(51,52)47-12-8-31(9-13-47)29(49)44-27(45-31)22-3-4-26(25(17-22)33(38,39)40)53-19-32(36,37)34(41,42)43/h3-5,14-17,50H,6-13,18-19H2,1-2H3,(H,44,45,49)/b14-5+. The zero-order chi connectivity index (χ0) is 40.1. The molecule has 3 heterocycles. The topological polar surface area (TPSA) is 129 Å². The second-order valence-corrected chi connectivity index (χ2v) is 15.4. The Balaban J connectivity index is 1.27. The van der Waals surface area contributed by atoms with E-state index in [0.717, 1.165) is 15.8 Å². The Bertz CT molecular complexity index is 1940. The van der Waals surface area contributed by atoms with E-state index in [1.807, 2.05) is 0 Å². The summed E-state index contributed by atoms with van der Waals surface area (Å²) in [5.74, 6) is -8.12. The number of amides is 2. The summed E-state index contributed by atoms with van der Waals surface area (Å²) in [5, 5.41) is 13.5. The SMILES string of the molecule is Cc1cc(C(=O)N2CCC(O)(CF)CC2)cc(C)c1/C=C/S(=O)(=O)N1CCC2(CC1)N=C(c1ccc(OCC(F)(F)C(F)(F)F)c(C(F)(F)F)c1)NC2=O. The lowest BCUT2D eigenvalue weighted by atomic mass is 9.89. The molecule has 296 valence electrons. The van der Waals surface area contributed by atoms with E-state index >= 15 is 0 Å². The largest absolute Gasteiger partial charge is 0.486 e. The Hall–Kier alpha value is -4.17. The number of aryl methyl sites for hydroxylation is 2. The average Bonchev–Trinajstić information content (AvgIpc) is 3.40. The number of hydrogen-bond donors (Lipinski definition) is 2. The minimum Gasteiger partial charge on any atom is -0.486 e. The third-order valence-corrected chi connectivity index (χ3v) is 11.3. The number of halogens is 9. The molecule has 3 aliphatic heterocycles. The number of sulfonamides is 1. The molecule has 54 heavy (non-hydrogen) atoms. The zero-order valence-electron chi connectivity index (χ0n) is 28.8. The molecule has 0 aromatic heterocycles. The highest BCUT2D eigenvalue weighted by Crippen LogP contribution is 2.41. The van der Waals surface area contributed by atoms with E-state index in [0.29, 0.717) is 34.4 Å². The van der Waals surface area contributed by atoms with Gasteiger partial charge in [0, 0.05) is 42.7 Å². The van der Waals surface area contributed by atoms with Gasteiger partial charge in [-0.15, -0.1) is 0 Å². The minimum atomic E-state index is -6.06. The molecule has 0 atom stereocenters. The Morgan fingerprint density at radius 1 is 0.963 bits per heavy atom. The number of nitrogens with zero attached hydrogens (tertiary/aromatic N) is 3. The average molecular weight is 799 g/mol. The molecule has 0 aliphatic carbocycles. The van der Waals surface area contributed by atoms with E-state index in [1.54, 1.807) is 26.0 Å². The van der Waals surface area contributed by atoms with E-state index in [2.05, 4.69) is 15.0 Å². The number of ether oxygens (including phenoxy) is 1. The molecule has 1 spiro atoms. The van der Waals surface area contributed by atoms with E-state index < -0.39 is 69.9 Å². The molecule has 2 N–H and O–H groups in total. The Labute approximate surface area is 303 Å². The number of likely N-dealkylation sites (tertiary alicyclic amines) is 1. The summed E-state index contributed by atoms with van der Waals surface area (Å²) in [6.45, 7) is 0.0133. The second-order valence-electron chi connectivity index (χ2n) is 13.6. The summed E-state index contributed by atoms with van der Waals surface area (Å²) in [5.41, 5.74) is -2.98. The molecule has 2 aromatic carbocycles. The molecule has 2 aromatic rings. The molecule has 2 amide bonds. The van der Waals surface area contributed by atoms with Crippen LogP contribution < -0.4 is 10.1 Å². The monoisotopic (exact) mass is 798 g/mol. The number of carbonyl (C=O) groups is 2. The van der Waals surface area contributed by atoms with Crippen molar-refractivity contribution in [3.8, 4) is 5.75 Å². The molecule has 0 saturated carbocycles. The summed E-state index contributed by atoms with van der Waals surface area (Å²) in [4.78, 5) is 32.0.